The lowest BCUT2D eigenvalue weighted by atomic mass is 10.2. The minimum absolute atomic E-state index is 0.0384. The Balaban J connectivity index is 1.57. The Morgan fingerprint density at radius 2 is 1.97 bits per heavy atom. The second kappa shape index (κ2) is 7.45. The molecular weight excluding hydrogens is 401 g/mol. The molecule has 1 unspecified atom stereocenters. The summed E-state index contributed by atoms with van der Waals surface area (Å²) in [4.78, 5) is 24.1. The number of halogens is 1. The summed E-state index contributed by atoms with van der Waals surface area (Å²) in [6.45, 7) is 0.0701. The fourth-order valence-electron chi connectivity index (χ4n) is 3.41. The van der Waals surface area contributed by atoms with Crippen LogP contribution in [-0.4, -0.2) is 43.7 Å². The molecule has 1 saturated heterocycles. The van der Waals surface area contributed by atoms with Crippen molar-refractivity contribution in [2.45, 2.75) is 23.8 Å². The first-order valence-electron chi connectivity index (χ1n) is 8.99. The largest absolute Gasteiger partial charge is 0.482 e. The van der Waals surface area contributed by atoms with Crippen molar-refractivity contribution in [3.8, 4) is 5.75 Å². The quantitative estimate of drug-likeness (QED) is 0.788. The molecule has 4 rings (SSSR count). The van der Waals surface area contributed by atoms with Crippen molar-refractivity contribution >= 4 is 33.2 Å². The van der Waals surface area contributed by atoms with E-state index in [1.165, 1.54) is 42.5 Å². The molecule has 10 heteroatoms. The number of ether oxygens (including phenoxy) is 1. The molecule has 152 valence electrons. The van der Waals surface area contributed by atoms with Crippen LogP contribution >= 0.6 is 0 Å². The van der Waals surface area contributed by atoms with Crippen LogP contribution in [0.4, 0.5) is 15.8 Å². The molecule has 2 heterocycles. The number of anilines is 2. The van der Waals surface area contributed by atoms with Gasteiger partial charge in [0.2, 0.25) is 15.9 Å². The van der Waals surface area contributed by atoms with Gasteiger partial charge in [0.25, 0.3) is 5.91 Å². The molecule has 2 aromatic carbocycles. The van der Waals surface area contributed by atoms with Gasteiger partial charge in [0.05, 0.1) is 10.6 Å². The van der Waals surface area contributed by atoms with Crippen LogP contribution in [0.5, 0.6) is 5.75 Å². The Labute approximate surface area is 166 Å². The second-order valence-corrected chi connectivity index (χ2v) is 8.66. The van der Waals surface area contributed by atoms with E-state index in [2.05, 4.69) is 10.6 Å². The lowest BCUT2D eigenvalue weighted by Gasteiger charge is -2.24. The van der Waals surface area contributed by atoms with Crippen LogP contribution in [0.15, 0.2) is 47.4 Å². The predicted molar refractivity (Wildman–Crippen MR) is 103 cm³/mol. The van der Waals surface area contributed by atoms with Crippen molar-refractivity contribution in [1.82, 2.24) is 4.31 Å². The van der Waals surface area contributed by atoms with Crippen molar-refractivity contribution in [2.75, 3.05) is 23.8 Å². The Morgan fingerprint density at radius 3 is 2.72 bits per heavy atom. The highest BCUT2D eigenvalue weighted by Crippen LogP contribution is 2.33. The van der Waals surface area contributed by atoms with Crippen LogP contribution in [0, 0.1) is 5.82 Å². The van der Waals surface area contributed by atoms with Gasteiger partial charge in [-0.15, -0.1) is 0 Å². The van der Waals surface area contributed by atoms with Crippen LogP contribution < -0.4 is 15.4 Å². The molecule has 0 aromatic heterocycles. The molecule has 0 aliphatic carbocycles. The topological polar surface area (TPSA) is 105 Å². The number of rotatable bonds is 4. The van der Waals surface area contributed by atoms with Crippen LogP contribution in [0.1, 0.15) is 12.8 Å². The number of amides is 2. The van der Waals surface area contributed by atoms with Crippen molar-refractivity contribution in [2.24, 2.45) is 0 Å². The normalized spacial score (nSPS) is 19.2. The summed E-state index contributed by atoms with van der Waals surface area (Å²) in [5, 5.41) is 5.21. The van der Waals surface area contributed by atoms with Crippen LogP contribution in [0.25, 0.3) is 0 Å². The third-order valence-electron chi connectivity index (χ3n) is 4.81. The number of nitrogens with zero attached hydrogens (tertiary/aromatic N) is 1. The van der Waals surface area contributed by atoms with Crippen molar-refractivity contribution in [1.29, 1.82) is 0 Å². The van der Waals surface area contributed by atoms with Gasteiger partial charge in [-0.05, 0) is 55.3 Å². The maximum Gasteiger partial charge on any atom is 0.262 e. The highest BCUT2D eigenvalue weighted by Gasteiger charge is 2.39. The molecule has 2 N–H and O–H groups in total. The zero-order valence-electron chi connectivity index (χ0n) is 15.2. The number of fused-ring (bicyclic) bond motifs is 1. The number of sulfonamides is 1. The van der Waals surface area contributed by atoms with Crippen LogP contribution in [0.2, 0.25) is 0 Å². The summed E-state index contributed by atoms with van der Waals surface area (Å²) >= 11 is 0. The fraction of sp³-hybridized carbons (Fsp3) is 0.263. The first-order valence-corrected chi connectivity index (χ1v) is 10.4. The lowest BCUT2D eigenvalue weighted by Crippen LogP contribution is -2.43. The Morgan fingerprint density at radius 1 is 1.21 bits per heavy atom. The molecule has 0 radical (unpaired) electrons. The van der Waals surface area contributed by atoms with Gasteiger partial charge in [-0.1, -0.05) is 0 Å². The molecule has 0 saturated carbocycles. The van der Waals surface area contributed by atoms with Gasteiger partial charge in [0.15, 0.2) is 6.61 Å². The molecule has 0 spiro atoms. The zero-order valence-corrected chi connectivity index (χ0v) is 16.0. The van der Waals surface area contributed by atoms with E-state index in [9.17, 15) is 22.4 Å². The number of nitrogens with one attached hydrogen (secondary N) is 2. The van der Waals surface area contributed by atoms with Gasteiger partial charge >= 0.3 is 0 Å². The molecule has 29 heavy (non-hydrogen) atoms. The summed E-state index contributed by atoms with van der Waals surface area (Å²) in [5.74, 6) is -0.899. The number of carbonyl (C=O) groups excluding carboxylic acids is 2. The molecule has 0 bridgehead atoms. The number of carbonyl (C=O) groups is 2. The first-order chi connectivity index (χ1) is 13.8. The smallest absolute Gasteiger partial charge is 0.262 e. The van der Waals surface area contributed by atoms with E-state index in [1.54, 1.807) is 0 Å². The minimum atomic E-state index is -3.98. The number of hydrogen-bond acceptors (Lipinski definition) is 5. The molecule has 1 atom stereocenters. The van der Waals surface area contributed by atoms with E-state index in [0.717, 1.165) is 4.31 Å². The second-order valence-electron chi connectivity index (χ2n) is 6.76. The highest BCUT2D eigenvalue weighted by molar-refractivity contribution is 7.89. The Hall–Kier alpha value is -2.98. The maximum absolute atomic E-state index is 13.2. The molecule has 2 aliphatic rings. The van der Waals surface area contributed by atoms with Gasteiger partial charge in [-0.2, -0.15) is 4.31 Å². The van der Waals surface area contributed by atoms with Crippen molar-refractivity contribution in [3.05, 3.63) is 48.3 Å². The molecule has 1 fully saturated rings. The van der Waals surface area contributed by atoms with Crippen LogP contribution in [-0.2, 0) is 19.6 Å². The van der Waals surface area contributed by atoms with Crippen LogP contribution in [0.3, 0.4) is 0 Å². The Kier molecular flexibility index (Phi) is 4.97. The Bertz CT molecular complexity index is 1070. The molecule has 2 aromatic rings. The average molecular weight is 419 g/mol. The van der Waals surface area contributed by atoms with Gasteiger partial charge in [-0.3, -0.25) is 9.59 Å². The van der Waals surface area contributed by atoms with Gasteiger partial charge in [0.1, 0.15) is 17.6 Å². The molecule has 2 aliphatic heterocycles. The zero-order chi connectivity index (χ0) is 20.6. The average Bonchev–Trinajstić information content (AvgIpc) is 3.20. The summed E-state index contributed by atoms with van der Waals surface area (Å²) in [5.41, 5.74) is 0.656. The maximum atomic E-state index is 13.2. The third-order valence-corrected chi connectivity index (χ3v) is 6.71. The van der Waals surface area contributed by atoms with E-state index in [1.807, 2.05) is 0 Å². The van der Waals surface area contributed by atoms with Crippen molar-refractivity contribution in [3.63, 3.8) is 0 Å². The summed E-state index contributed by atoms with van der Waals surface area (Å²) in [7, 11) is -3.98. The highest BCUT2D eigenvalue weighted by atomic mass is 32.2. The van der Waals surface area contributed by atoms with E-state index in [4.69, 9.17) is 4.74 Å². The summed E-state index contributed by atoms with van der Waals surface area (Å²) in [6.07, 6.45) is 0.905. The van der Waals surface area contributed by atoms with Gasteiger partial charge in [-0.25, -0.2) is 12.8 Å². The lowest BCUT2D eigenvalue weighted by molar-refractivity contribution is -0.119. The molecule has 2 amide bonds. The minimum Gasteiger partial charge on any atom is -0.482 e. The van der Waals surface area contributed by atoms with Gasteiger partial charge in [0, 0.05) is 12.2 Å². The van der Waals surface area contributed by atoms with Gasteiger partial charge < -0.3 is 15.4 Å². The van der Waals surface area contributed by atoms with E-state index in [-0.39, 0.29) is 29.6 Å². The third kappa shape index (κ3) is 3.81. The number of benzene rings is 2. The first kappa shape index (κ1) is 19.3. The molecular formula is C19H18FN3O5S. The van der Waals surface area contributed by atoms with E-state index >= 15 is 0 Å². The number of hydrogen-bond donors (Lipinski definition) is 2. The molecule has 8 nitrogen and oxygen atoms in total. The predicted octanol–water partition coefficient (Wildman–Crippen LogP) is 1.95. The monoisotopic (exact) mass is 419 g/mol. The van der Waals surface area contributed by atoms with E-state index < -0.39 is 27.8 Å². The SMILES string of the molecule is O=C1COc2ccc(S(=O)(=O)N3CCCC3C(=O)Nc3ccc(F)cc3)cc2N1. The fourth-order valence-corrected chi connectivity index (χ4v) is 5.09. The summed E-state index contributed by atoms with van der Waals surface area (Å²) < 4.78 is 45.8. The van der Waals surface area contributed by atoms with E-state index in [0.29, 0.717) is 24.3 Å². The van der Waals surface area contributed by atoms with Crippen molar-refractivity contribution < 1.29 is 27.1 Å². The summed E-state index contributed by atoms with van der Waals surface area (Å²) in [6, 6.07) is 8.55. The standard InChI is InChI=1S/C19H18FN3O5S/c20-12-3-5-13(6-4-12)21-19(25)16-2-1-9-23(16)29(26,27)14-7-8-17-15(10-14)22-18(24)11-28-17/h3-8,10,16H,1-2,9,11H2,(H,21,25)(H,22,24).